The van der Waals surface area contributed by atoms with Crippen molar-refractivity contribution in [2.75, 3.05) is 33.4 Å². The standard InChI is InChI=1S/C22H22ClN3O5/c1-14-11-17(7-8-18(14)23)30-13-20(27)26-9-10-29-19(12-26)22-24-21(25-31-22)15-3-5-16(28-2)6-4-15/h3-8,11,19H,9-10,12-13H2,1-2H3/t19-/m1/s1. The van der Waals surface area contributed by atoms with E-state index < -0.39 is 6.10 Å². The van der Waals surface area contributed by atoms with Crippen LogP contribution in [0.5, 0.6) is 11.5 Å². The zero-order valence-corrected chi connectivity index (χ0v) is 18.0. The van der Waals surface area contributed by atoms with Crippen molar-refractivity contribution >= 4 is 17.5 Å². The molecule has 4 rings (SSSR count). The van der Waals surface area contributed by atoms with E-state index in [1.54, 1.807) is 30.2 Å². The SMILES string of the molecule is COc1ccc(-c2noc([C@H]3CN(C(=O)COc4ccc(Cl)c(C)c4)CCO3)n2)cc1. The number of methoxy groups -OCH3 is 1. The van der Waals surface area contributed by atoms with Crippen LogP contribution in [-0.2, 0) is 9.53 Å². The highest BCUT2D eigenvalue weighted by Crippen LogP contribution is 2.25. The Morgan fingerprint density at radius 2 is 2.00 bits per heavy atom. The van der Waals surface area contributed by atoms with Gasteiger partial charge in [0.1, 0.15) is 11.5 Å². The number of carbonyl (C=O) groups excluding carboxylic acids is 1. The Balaban J connectivity index is 1.37. The summed E-state index contributed by atoms with van der Waals surface area (Å²) in [4.78, 5) is 18.7. The molecule has 31 heavy (non-hydrogen) atoms. The van der Waals surface area contributed by atoms with Crippen LogP contribution in [0, 0.1) is 6.92 Å². The predicted molar refractivity (Wildman–Crippen MR) is 113 cm³/mol. The van der Waals surface area contributed by atoms with Crippen LogP contribution in [0.15, 0.2) is 47.0 Å². The number of hydrogen-bond acceptors (Lipinski definition) is 7. The van der Waals surface area contributed by atoms with E-state index in [1.165, 1.54) is 0 Å². The van der Waals surface area contributed by atoms with Gasteiger partial charge in [-0.1, -0.05) is 16.8 Å². The van der Waals surface area contributed by atoms with E-state index in [0.29, 0.717) is 42.2 Å². The third-order valence-corrected chi connectivity index (χ3v) is 5.40. The highest BCUT2D eigenvalue weighted by atomic mass is 35.5. The third-order valence-electron chi connectivity index (χ3n) is 4.98. The summed E-state index contributed by atoms with van der Waals surface area (Å²) < 4.78 is 21.9. The van der Waals surface area contributed by atoms with Gasteiger partial charge in [-0.05, 0) is 55.0 Å². The Bertz CT molecular complexity index is 1050. The number of benzene rings is 2. The second kappa shape index (κ2) is 9.36. The van der Waals surface area contributed by atoms with Gasteiger partial charge in [0.2, 0.25) is 5.82 Å². The molecular weight excluding hydrogens is 422 g/mol. The molecule has 0 N–H and O–H groups in total. The van der Waals surface area contributed by atoms with E-state index >= 15 is 0 Å². The number of morpholine rings is 1. The van der Waals surface area contributed by atoms with E-state index in [0.717, 1.165) is 16.9 Å². The first-order valence-electron chi connectivity index (χ1n) is 9.80. The summed E-state index contributed by atoms with van der Waals surface area (Å²) >= 11 is 6.02. The number of aromatic nitrogens is 2. The summed E-state index contributed by atoms with van der Waals surface area (Å²) in [5.41, 5.74) is 1.69. The van der Waals surface area contributed by atoms with Crippen molar-refractivity contribution in [2.45, 2.75) is 13.0 Å². The van der Waals surface area contributed by atoms with Gasteiger partial charge in [-0.2, -0.15) is 4.98 Å². The molecule has 0 aliphatic carbocycles. The summed E-state index contributed by atoms with van der Waals surface area (Å²) in [6.07, 6.45) is -0.491. The van der Waals surface area contributed by atoms with Crippen molar-refractivity contribution < 1.29 is 23.5 Å². The van der Waals surface area contributed by atoms with Crippen molar-refractivity contribution in [3.63, 3.8) is 0 Å². The second-order valence-corrected chi connectivity index (χ2v) is 7.49. The topological polar surface area (TPSA) is 86.9 Å². The van der Waals surface area contributed by atoms with Gasteiger partial charge in [-0.3, -0.25) is 4.79 Å². The second-order valence-electron chi connectivity index (χ2n) is 7.08. The van der Waals surface area contributed by atoms with Crippen LogP contribution in [-0.4, -0.2) is 54.4 Å². The zero-order valence-electron chi connectivity index (χ0n) is 17.2. The first-order chi connectivity index (χ1) is 15.0. The lowest BCUT2D eigenvalue weighted by atomic mass is 10.2. The quantitative estimate of drug-likeness (QED) is 0.574. The van der Waals surface area contributed by atoms with E-state index in [9.17, 15) is 4.79 Å². The van der Waals surface area contributed by atoms with Crippen LogP contribution in [0.4, 0.5) is 0 Å². The fourth-order valence-corrected chi connectivity index (χ4v) is 3.31. The Morgan fingerprint density at radius 3 is 2.74 bits per heavy atom. The number of nitrogens with zero attached hydrogens (tertiary/aromatic N) is 3. The number of rotatable bonds is 6. The monoisotopic (exact) mass is 443 g/mol. The average Bonchev–Trinajstić information content (AvgIpc) is 3.30. The number of ether oxygens (including phenoxy) is 3. The molecule has 2 aromatic carbocycles. The van der Waals surface area contributed by atoms with E-state index in [2.05, 4.69) is 10.1 Å². The van der Waals surface area contributed by atoms with Gasteiger partial charge >= 0.3 is 0 Å². The number of carbonyl (C=O) groups is 1. The molecule has 1 aliphatic heterocycles. The van der Waals surface area contributed by atoms with Crippen molar-refractivity contribution in [3.05, 3.63) is 58.9 Å². The molecule has 0 bridgehead atoms. The lowest BCUT2D eigenvalue weighted by Crippen LogP contribution is -2.44. The van der Waals surface area contributed by atoms with E-state index in [1.807, 2.05) is 31.2 Å². The number of hydrogen-bond donors (Lipinski definition) is 0. The summed E-state index contributed by atoms with van der Waals surface area (Å²) in [5.74, 6) is 1.98. The fraction of sp³-hybridized carbons (Fsp3) is 0.318. The Hall–Kier alpha value is -3.10. The minimum absolute atomic E-state index is 0.0747. The van der Waals surface area contributed by atoms with Gasteiger partial charge in [0.15, 0.2) is 12.7 Å². The van der Waals surface area contributed by atoms with E-state index in [-0.39, 0.29) is 12.5 Å². The van der Waals surface area contributed by atoms with Crippen molar-refractivity contribution in [2.24, 2.45) is 0 Å². The average molecular weight is 444 g/mol. The van der Waals surface area contributed by atoms with Gasteiger partial charge in [0, 0.05) is 17.1 Å². The van der Waals surface area contributed by atoms with Crippen molar-refractivity contribution in [1.29, 1.82) is 0 Å². The summed E-state index contributed by atoms with van der Waals surface area (Å²) in [6, 6.07) is 12.6. The Kier molecular flexibility index (Phi) is 6.39. The molecule has 1 saturated heterocycles. The van der Waals surface area contributed by atoms with Crippen LogP contribution in [0.25, 0.3) is 11.4 Å². The molecule has 1 amide bonds. The molecular formula is C22H22ClN3O5. The van der Waals surface area contributed by atoms with Crippen LogP contribution in [0.3, 0.4) is 0 Å². The molecule has 1 fully saturated rings. The van der Waals surface area contributed by atoms with Crippen LogP contribution in [0.1, 0.15) is 17.6 Å². The van der Waals surface area contributed by atoms with Crippen molar-refractivity contribution in [3.8, 4) is 22.9 Å². The van der Waals surface area contributed by atoms with Crippen LogP contribution < -0.4 is 9.47 Å². The molecule has 3 aromatic rings. The normalized spacial score (nSPS) is 16.2. The zero-order chi connectivity index (χ0) is 21.8. The summed E-state index contributed by atoms with van der Waals surface area (Å²) in [5, 5.41) is 4.69. The van der Waals surface area contributed by atoms with Gasteiger partial charge in [0.05, 0.1) is 20.3 Å². The molecule has 162 valence electrons. The third kappa shape index (κ3) is 4.98. The van der Waals surface area contributed by atoms with Crippen molar-refractivity contribution in [1.82, 2.24) is 15.0 Å². The van der Waals surface area contributed by atoms with Crippen LogP contribution in [0.2, 0.25) is 5.02 Å². The highest BCUT2D eigenvalue weighted by molar-refractivity contribution is 6.31. The predicted octanol–water partition coefficient (Wildman–Crippen LogP) is 3.69. The molecule has 1 atom stereocenters. The maximum Gasteiger partial charge on any atom is 0.260 e. The Morgan fingerprint density at radius 1 is 1.23 bits per heavy atom. The molecule has 9 heteroatoms. The highest BCUT2D eigenvalue weighted by Gasteiger charge is 2.29. The molecule has 8 nitrogen and oxygen atoms in total. The maximum atomic E-state index is 12.6. The molecule has 1 aliphatic rings. The molecule has 2 heterocycles. The molecule has 0 saturated carbocycles. The lowest BCUT2D eigenvalue weighted by Gasteiger charge is -2.31. The summed E-state index contributed by atoms with van der Waals surface area (Å²) in [6.45, 7) is 2.96. The first kappa shape index (κ1) is 21.1. The molecule has 0 unspecified atom stereocenters. The fourth-order valence-electron chi connectivity index (χ4n) is 3.19. The minimum Gasteiger partial charge on any atom is -0.497 e. The van der Waals surface area contributed by atoms with Gasteiger partial charge in [-0.25, -0.2) is 0 Å². The maximum absolute atomic E-state index is 12.6. The van der Waals surface area contributed by atoms with Gasteiger partial charge in [-0.15, -0.1) is 0 Å². The van der Waals surface area contributed by atoms with Crippen LogP contribution >= 0.6 is 11.6 Å². The van der Waals surface area contributed by atoms with E-state index in [4.69, 9.17) is 30.3 Å². The molecule has 0 spiro atoms. The Labute approximate surface area is 184 Å². The van der Waals surface area contributed by atoms with Gasteiger partial charge in [0.25, 0.3) is 11.8 Å². The largest absolute Gasteiger partial charge is 0.497 e. The molecule has 0 radical (unpaired) electrons. The first-order valence-corrected chi connectivity index (χ1v) is 10.2. The number of halogens is 1. The summed E-state index contributed by atoms with van der Waals surface area (Å²) in [7, 11) is 1.61. The number of amides is 1. The minimum atomic E-state index is -0.491. The van der Waals surface area contributed by atoms with Gasteiger partial charge < -0.3 is 23.6 Å². The molecule has 1 aromatic heterocycles. The number of aryl methyl sites for hydroxylation is 1. The lowest BCUT2D eigenvalue weighted by molar-refractivity contribution is -0.142. The smallest absolute Gasteiger partial charge is 0.260 e.